The van der Waals surface area contributed by atoms with E-state index in [0.717, 1.165) is 18.4 Å². The minimum Gasteiger partial charge on any atom is -0.507 e. The molecule has 0 saturated carbocycles. The van der Waals surface area contributed by atoms with Gasteiger partial charge in [-0.05, 0) is 35.6 Å². The van der Waals surface area contributed by atoms with E-state index in [-0.39, 0.29) is 23.3 Å². The van der Waals surface area contributed by atoms with E-state index in [1.165, 1.54) is 17.2 Å². The van der Waals surface area contributed by atoms with Gasteiger partial charge in [0.25, 0.3) is 5.91 Å². The second-order valence-electron chi connectivity index (χ2n) is 5.84. The minimum absolute atomic E-state index is 0.0535. The molecule has 0 fully saturated rings. The van der Waals surface area contributed by atoms with Gasteiger partial charge in [0, 0.05) is 6.54 Å². The Hall–Kier alpha value is -2.62. The van der Waals surface area contributed by atoms with Crippen LogP contribution in [-0.2, 0) is 13.0 Å². The molecule has 2 aliphatic rings. The maximum Gasteiger partial charge on any atom is 0.255 e. The maximum atomic E-state index is 12.8. The van der Waals surface area contributed by atoms with E-state index in [1.807, 2.05) is 17.0 Å². The summed E-state index contributed by atoms with van der Waals surface area (Å²) in [6, 6.07) is 11.5. The van der Waals surface area contributed by atoms with Crippen LogP contribution in [0, 0.1) is 0 Å². The molecule has 0 bridgehead atoms. The summed E-state index contributed by atoms with van der Waals surface area (Å²) in [7, 11) is 0. The van der Waals surface area contributed by atoms with Crippen LogP contribution >= 0.6 is 0 Å². The second-order valence-corrected chi connectivity index (χ2v) is 5.84. The third kappa shape index (κ3) is 1.70. The summed E-state index contributed by atoms with van der Waals surface area (Å²) in [5, 5.41) is 9.80. The average Bonchev–Trinajstić information content (AvgIpc) is 3.09. The second kappa shape index (κ2) is 4.70. The number of phenols is 1. The largest absolute Gasteiger partial charge is 0.507 e. The van der Waals surface area contributed by atoms with Crippen molar-refractivity contribution in [2.24, 2.45) is 0 Å². The minimum atomic E-state index is -0.158. The molecule has 22 heavy (non-hydrogen) atoms. The topological polar surface area (TPSA) is 57.6 Å². The van der Waals surface area contributed by atoms with Gasteiger partial charge in [0.2, 0.25) is 0 Å². The molecule has 1 amide bonds. The first kappa shape index (κ1) is 13.1. The van der Waals surface area contributed by atoms with Crippen molar-refractivity contribution < 1.29 is 14.7 Å². The molecular weight excluding hydrogens is 278 g/mol. The van der Waals surface area contributed by atoms with Crippen molar-refractivity contribution in [2.45, 2.75) is 25.4 Å². The van der Waals surface area contributed by atoms with Gasteiger partial charge < -0.3 is 10.0 Å². The Morgan fingerprint density at radius 2 is 1.95 bits per heavy atom. The van der Waals surface area contributed by atoms with Gasteiger partial charge in [-0.2, -0.15) is 0 Å². The van der Waals surface area contributed by atoms with E-state index < -0.39 is 0 Å². The van der Waals surface area contributed by atoms with Gasteiger partial charge in [-0.3, -0.25) is 9.59 Å². The average molecular weight is 293 g/mol. The lowest BCUT2D eigenvalue weighted by molar-refractivity contribution is 0.0699. The Labute approximate surface area is 128 Å². The monoisotopic (exact) mass is 293 g/mol. The summed E-state index contributed by atoms with van der Waals surface area (Å²) < 4.78 is 0. The Kier molecular flexibility index (Phi) is 2.79. The van der Waals surface area contributed by atoms with Crippen LogP contribution in [0.2, 0.25) is 0 Å². The number of hydrogen-bond acceptors (Lipinski definition) is 3. The first-order chi connectivity index (χ1) is 10.7. The molecule has 1 aliphatic heterocycles. The van der Waals surface area contributed by atoms with Crippen molar-refractivity contribution in [3.05, 3.63) is 64.2 Å². The number of hydrogen-bond donors (Lipinski definition) is 1. The number of aryl methyl sites for hydroxylation is 1. The summed E-state index contributed by atoms with van der Waals surface area (Å²) in [4.78, 5) is 25.8. The molecule has 1 heterocycles. The van der Waals surface area contributed by atoms with Gasteiger partial charge in [0.1, 0.15) is 5.75 Å². The van der Waals surface area contributed by atoms with E-state index in [1.54, 1.807) is 6.07 Å². The normalized spacial score (nSPS) is 19.2. The Morgan fingerprint density at radius 1 is 1.14 bits per heavy atom. The molecule has 1 N–H and O–H groups in total. The van der Waals surface area contributed by atoms with E-state index in [9.17, 15) is 14.7 Å². The molecule has 0 spiro atoms. The van der Waals surface area contributed by atoms with Crippen LogP contribution in [0.4, 0.5) is 0 Å². The zero-order valence-electron chi connectivity index (χ0n) is 12.0. The molecule has 0 unspecified atom stereocenters. The van der Waals surface area contributed by atoms with Gasteiger partial charge in [-0.1, -0.05) is 30.3 Å². The van der Waals surface area contributed by atoms with Gasteiger partial charge in [-0.25, -0.2) is 0 Å². The predicted molar refractivity (Wildman–Crippen MR) is 80.9 cm³/mol. The van der Waals surface area contributed by atoms with Crippen molar-refractivity contribution in [2.75, 3.05) is 0 Å². The SMILES string of the molecule is O=Cc1c(O)ccc2c1C(=O)N([C@H]1CCc3ccccc31)C2. The highest BCUT2D eigenvalue weighted by molar-refractivity contribution is 6.06. The van der Waals surface area contributed by atoms with E-state index in [2.05, 4.69) is 12.1 Å². The summed E-state index contributed by atoms with van der Waals surface area (Å²) in [5.74, 6) is -0.287. The van der Waals surface area contributed by atoms with Crippen molar-refractivity contribution >= 4 is 12.2 Å². The molecular formula is C18H15NO3. The molecule has 110 valence electrons. The zero-order valence-corrected chi connectivity index (χ0v) is 12.0. The van der Waals surface area contributed by atoms with Crippen LogP contribution in [0.15, 0.2) is 36.4 Å². The molecule has 1 atom stereocenters. The quantitative estimate of drug-likeness (QED) is 0.866. The Balaban J connectivity index is 1.76. The molecule has 2 aromatic rings. The number of fused-ring (bicyclic) bond motifs is 2. The van der Waals surface area contributed by atoms with E-state index >= 15 is 0 Å². The fraction of sp³-hybridized carbons (Fsp3) is 0.222. The lowest BCUT2D eigenvalue weighted by atomic mass is 10.0. The molecule has 0 aromatic heterocycles. The van der Waals surface area contributed by atoms with Gasteiger partial charge in [-0.15, -0.1) is 0 Å². The molecule has 4 heteroatoms. The summed E-state index contributed by atoms with van der Waals surface area (Å²) in [5.41, 5.74) is 3.76. The number of nitrogens with zero attached hydrogens (tertiary/aromatic N) is 1. The first-order valence-electron chi connectivity index (χ1n) is 7.39. The summed E-state index contributed by atoms with van der Waals surface area (Å²) >= 11 is 0. The van der Waals surface area contributed by atoms with Gasteiger partial charge in [0.05, 0.1) is 17.2 Å². The van der Waals surface area contributed by atoms with Crippen molar-refractivity contribution in [3.8, 4) is 5.75 Å². The molecule has 1 aliphatic carbocycles. The standard InChI is InChI=1S/C18H15NO3/c20-10-14-16(21)8-6-12-9-19(18(22)17(12)14)15-7-5-11-3-1-2-4-13(11)15/h1-4,6,8,10,15,21H,5,7,9H2/t15-/m0/s1. The van der Waals surface area contributed by atoms with Crippen LogP contribution in [0.25, 0.3) is 0 Å². The number of aromatic hydroxyl groups is 1. The maximum absolute atomic E-state index is 12.8. The molecule has 2 aromatic carbocycles. The smallest absolute Gasteiger partial charge is 0.255 e. The Bertz CT molecular complexity index is 797. The highest BCUT2D eigenvalue weighted by atomic mass is 16.3. The highest BCUT2D eigenvalue weighted by Gasteiger charge is 2.38. The third-order valence-corrected chi connectivity index (χ3v) is 4.72. The van der Waals surface area contributed by atoms with Crippen LogP contribution in [0.5, 0.6) is 5.75 Å². The first-order valence-corrected chi connectivity index (χ1v) is 7.39. The summed E-state index contributed by atoms with van der Waals surface area (Å²) in [6.45, 7) is 0.494. The number of phenolic OH excluding ortho intramolecular Hbond substituents is 1. The number of carbonyl (C=O) groups excluding carboxylic acids is 2. The van der Waals surface area contributed by atoms with Crippen molar-refractivity contribution in [1.82, 2.24) is 4.90 Å². The molecule has 0 saturated heterocycles. The molecule has 4 nitrogen and oxygen atoms in total. The fourth-order valence-electron chi connectivity index (χ4n) is 3.67. The van der Waals surface area contributed by atoms with Crippen molar-refractivity contribution in [1.29, 1.82) is 0 Å². The van der Waals surface area contributed by atoms with Crippen molar-refractivity contribution in [3.63, 3.8) is 0 Å². The van der Waals surface area contributed by atoms with E-state index in [4.69, 9.17) is 0 Å². The van der Waals surface area contributed by atoms with Crippen LogP contribution < -0.4 is 0 Å². The predicted octanol–water partition coefficient (Wildman–Crippen LogP) is 2.85. The third-order valence-electron chi connectivity index (χ3n) is 4.72. The lowest BCUT2D eigenvalue weighted by Gasteiger charge is -2.24. The summed E-state index contributed by atoms with van der Waals surface area (Å²) in [6.07, 6.45) is 2.44. The van der Waals surface area contributed by atoms with Gasteiger partial charge >= 0.3 is 0 Å². The number of carbonyl (C=O) groups is 2. The van der Waals surface area contributed by atoms with E-state index in [0.29, 0.717) is 18.4 Å². The Morgan fingerprint density at radius 3 is 2.77 bits per heavy atom. The number of benzene rings is 2. The lowest BCUT2D eigenvalue weighted by Crippen LogP contribution is -2.28. The zero-order chi connectivity index (χ0) is 15.3. The highest BCUT2D eigenvalue weighted by Crippen LogP contribution is 2.41. The molecule has 4 rings (SSSR count). The number of rotatable bonds is 2. The van der Waals surface area contributed by atoms with Gasteiger partial charge in [0.15, 0.2) is 6.29 Å². The molecule has 0 radical (unpaired) electrons. The number of aldehydes is 1. The van der Waals surface area contributed by atoms with Crippen LogP contribution in [-0.4, -0.2) is 22.2 Å². The number of amides is 1. The van der Waals surface area contributed by atoms with Crippen LogP contribution in [0.1, 0.15) is 49.9 Å². The fourth-order valence-corrected chi connectivity index (χ4v) is 3.67. The van der Waals surface area contributed by atoms with Crippen LogP contribution in [0.3, 0.4) is 0 Å².